The van der Waals surface area contributed by atoms with Crippen LogP contribution in [0.15, 0.2) is 0 Å². The summed E-state index contributed by atoms with van der Waals surface area (Å²) in [7, 11) is -3.45. The first-order valence-electron chi connectivity index (χ1n) is 4.36. The largest absolute Gasteiger partial charge is 0.480 e. The molecule has 14 heavy (non-hydrogen) atoms. The predicted molar refractivity (Wildman–Crippen MR) is 50.2 cm³/mol. The molecule has 1 saturated heterocycles. The van der Waals surface area contributed by atoms with Crippen LogP contribution >= 0.6 is 0 Å². The molecule has 1 rings (SSSR count). The van der Waals surface area contributed by atoms with Gasteiger partial charge in [-0.05, 0) is 13.3 Å². The molecule has 0 amide bonds. The Kier molecular flexibility index (Phi) is 3.13. The molecule has 3 N–H and O–H groups in total. The number of nitrogens with two attached hydrogens (primary N) is 1. The van der Waals surface area contributed by atoms with E-state index >= 15 is 0 Å². The lowest BCUT2D eigenvalue weighted by molar-refractivity contribution is -0.140. The zero-order chi connectivity index (χ0) is 10.9. The van der Waals surface area contributed by atoms with E-state index in [2.05, 4.69) is 0 Å². The van der Waals surface area contributed by atoms with Crippen molar-refractivity contribution >= 4 is 16.0 Å². The van der Waals surface area contributed by atoms with Gasteiger partial charge in [-0.1, -0.05) is 0 Å². The van der Waals surface area contributed by atoms with Crippen molar-refractivity contribution in [2.24, 2.45) is 5.73 Å². The molecule has 6 nitrogen and oxygen atoms in total. The molecule has 0 bridgehead atoms. The molecule has 2 atom stereocenters. The molecule has 0 aromatic heterocycles. The third-order valence-electron chi connectivity index (χ3n) is 2.30. The smallest absolute Gasteiger partial charge is 0.322 e. The Morgan fingerprint density at radius 3 is 2.64 bits per heavy atom. The van der Waals surface area contributed by atoms with Crippen LogP contribution in [0, 0.1) is 0 Å². The highest BCUT2D eigenvalue weighted by Gasteiger charge is 2.41. The number of rotatable bonds is 3. The van der Waals surface area contributed by atoms with Gasteiger partial charge in [0.1, 0.15) is 6.04 Å². The van der Waals surface area contributed by atoms with Crippen LogP contribution in [0.3, 0.4) is 0 Å². The second-order valence-electron chi connectivity index (χ2n) is 3.32. The normalized spacial score (nSPS) is 29.3. The van der Waals surface area contributed by atoms with E-state index in [0.717, 1.165) is 4.31 Å². The highest BCUT2D eigenvalue weighted by Crippen LogP contribution is 2.20. The molecule has 1 heterocycles. The number of nitrogens with zero attached hydrogens (tertiary/aromatic N) is 1. The van der Waals surface area contributed by atoms with Crippen molar-refractivity contribution in [3.63, 3.8) is 0 Å². The summed E-state index contributed by atoms with van der Waals surface area (Å²) in [4.78, 5) is 10.8. The average molecular weight is 222 g/mol. The maximum Gasteiger partial charge on any atom is 0.322 e. The van der Waals surface area contributed by atoms with Gasteiger partial charge in [-0.25, -0.2) is 8.42 Å². The van der Waals surface area contributed by atoms with E-state index < -0.39 is 22.0 Å². The number of carboxylic acid groups (broad SMARTS) is 1. The summed E-state index contributed by atoms with van der Waals surface area (Å²) in [5.41, 5.74) is 5.54. The van der Waals surface area contributed by atoms with Crippen LogP contribution in [0.5, 0.6) is 0 Å². The lowest BCUT2D eigenvalue weighted by Gasteiger charge is -2.19. The van der Waals surface area contributed by atoms with Crippen molar-refractivity contribution in [3.8, 4) is 0 Å². The van der Waals surface area contributed by atoms with Crippen molar-refractivity contribution < 1.29 is 18.3 Å². The van der Waals surface area contributed by atoms with Crippen molar-refractivity contribution in [2.75, 3.05) is 12.3 Å². The van der Waals surface area contributed by atoms with Crippen molar-refractivity contribution in [3.05, 3.63) is 0 Å². The van der Waals surface area contributed by atoms with Crippen LogP contribution in [-0.4, -0.2) is 48.2 Å². The second-order valence-corrected chi connectivity index (χ2v) is 5.53. The van der Waals surface area contributed by atoms with E-state index in [1.165, 1.54) is 6.92 Å². The first kappa shape index (κ1) is 11.4. The summed E-state index contributed by atoms with van der Waals surface area (Å²) in [5, 5.41) is 8.80. The zero-order valence-corrected chi connectivity index (χ0v) is 8.70. The Hall–Kier alpha value is -0.660. The van der Waals surface area contributed by atoms with Crippen molar-refractivity contribution in [1.82, 2.24) is 4.31 Å². The van der Waals surface area contributed by atoms with Gasteiger partial charge < -0.3 is 10.8 Å². The van der Waals surface area contributed by atoms with E-state index in [4.69, 9.17) is 10.8 Å². The van der Waals surface area contributed by atoms with E-state index in [1.807, 2.05) is 0 Å². The van der Waals surface area contributed by atoms with Crippen LogP contribution in [0.2, 0.25) is 0 Å². The Morgan fingerprint density at radius 1 is 1.64 bits per heavy atom. The maximum atomic E-state index is 11.5. The van der Waals surface area contributed by atoms with Gasteiger partial charge in [-0.15, -0.1) is 0 Å². The first-order valence-corrected chi connectivity index (χ1v) is 5.97. The number of aliphatic carboxylic acids is 1. The van der Waals surface area contributed by atoms with E-state index in [1.54, 1.807) is 0 Å². The standard InChI is InChI=1S/C7H14N2O4S/c1-2-14(12,13)9-4-5(8)3-6(9)7(10)11/h5-6H,2-4,8H2,1H3,(H,10,11). The summed E-state index contributed by atoms with van der Waals surface area (Å²) in [5.74, 6) is -1.22. The number of carboxylic acids is 1. The molecule has 0 spiro atoms. The molecule has 0 radical (unpaired) electrons. The number of hydrogen-bond acceptors (Lipinski definition) is 4. The summed E-state index contributed by atoms with van der Waals surface area (Å²) in [6.45, 7) is 1.59. The van der Waals surface area contributed by atoms with Crippen LogP contribution in [-0.2, 0) is 14.8 Å². The van der Waals surface area contributed by atoms with E-state index in [-0.39, 0.29) is 24.8 Å². The van der Waals surface area contributed by atoms with Gasteiger partial charge >= 0.3 is 5.97 Å². The molecule has 82 valence electrons. The molecular formula is C7H14N2O4S. The first-order chi connectivity index (χ1) is 6.38. The third-order valence-corrected chi connectivity index (χ3v) is 4.14. The second kappa shape index (κ2) is 3.84. The van der Waals surface area contributed by atoms with Gasteiger partial charge in [0.15, 0.2) is 0 Å². The molecule has 0 saturated carbocycles. The van der Waals surface area contributed by atoms with Crippen LogP contribution in [0.4, 0.5) is 0 Å². The molecule has 1 fully saturated rings. The molecule has 0 aromatic rings. The fraction of sp³-hybridized carbons (Fsp3) is 0.857. The van der Waals surface area contributed by atoms with Crippen LogP contribution < -0.4 is 5.73 Å². The van der Waals surface area contributed by atoms with Gasteiger partial charge in [0.25, 0.3) is 0 Å². The molecule has 0 aromatic carbocycles. The fourth-order valence-corrected chi connectivity index (χ4v) is 2.85. The highest BCUT2D eigenvalue weighted by atomic mass is 32.2. The molecule has 0 aliphatic carbocycles. The van der Waals surface area contributed by atoms with Gasteiger partial charge in [-0.2, -0.15) is 4.31 Å². The van der Waals surface area contributed by atoms with Crippen molar-refractivity contribution in [1.29, 1.82) is 0 Å². The van der Waals surface area contributed by atoms with E-state index in [9.17, 15) is 13.2 Å². The lowest BCUT2D eigenvalue weighted by Crippen LogP contribution is -2.41. The number of carbonyl (C=O) groups is 1. The van der Waals surface area contributed by atoms with E-state index in [0.29, 0.717) is 0 Å². The molecule has 7 heteroatoms. The van der Waals surface area contributed by atoms with Crippen LogP contribution in [0.25, 0.3) is 0 Å². The monoisotopic (exact) mass is 222 g/mol. The number of hydrogen-bond donors (Lipinski definition) is 2. The Balaban J connectivity index is 2.93. The van der Waals surface area contributed by atoms with Gasteiger partial charge in [0.05, 0.1) is 5.75 Å². The average Bonchev–Trinajstić information content (AvgIpc) is 2.48. The fourth-order valence-electron chi connectivity index (χ4n) is 1.53. The third kappa shape index (κ3) is 2.05. The zero-order valence-electron chi connectivity index (χ0n) is 7.88. The predicted octanol–water partition coefficient (Wildman–Crippen LogP) is -1.18. The quantitative estimate of drug-likeness (QED) is 0.626. The van der Waals surface area contributed by atoms with Gasteiger partial charge in [0.2, 0.25) is 10.0 Å². The summed E-state index contributed by atoms with van der Waals surface area (Å²) >= 11 is 0. The molecule has 1 aliphatic rings. The SMILES string of the molecule is CCS(=O)(=O)N1CC(N)CC1C(=O)O. The summed E-state index contributed by atoms with van der Waals surface area (Å²) < 4.78 is 23.9. The summed E-state index contributed by atoms with van der Waals surface area (Å²) in [6, 6.07) is -1.37. The molecular weight excluding hydrogens is 208 g/mol. The Labute approximate surface area is 82.7 Å². The Morgan fingerprint density at radius 2 is 2.21 bits per heavy atom. The minimum Gasteiger partial charge on any atom is -0.480 e. The van der Waals surface area contributed by atoms with Crippen molar-refractivity contribution in [2.45, 2.75) is 25.4 Å². The minimum atomic E-state index is -3.45. The topological polar surface area (TPSA) is 101 Å². The lowest BCUT2D eigenvalue weighted by atomic mass is 10.2. The summed E-state index contributed by atoms with van der Waals surface area (Å²) in [6.07, 6.45) is 0.189. The van der Waals surface area contributed by atoms with Gasteiger partial charge in [0, 0.05) is 12.6 Å². The highest BCUT2D eigenvalue weighted by molar-refractivity contribution is 7.89. The maximum absolute atomic E-state index is 11.5. The molecule has 2 unspecified atom stereocenters. The van der Waals surface area contributed by atoms with Crippen LogP contribution in [0.1, 0.15) is 13.3 Å². The minimum absolute atomic E-state index is 0.0938. The Bertz CT molecular complexity index is 327. The number of sulfonamides is 1. The molecule has 1 aliphatic heterocycles. The van der Waals surface area contributed by atoms with Gasteiger partial charge in [-0.3, -0.25) is 4.79 Å².